The van der Waals surface area contributed by atoms with Gasteiger partial charge in [-0.05, 0) is 285 Å². The molecule has 12 aromatic rings. The molecule has 16 rings (SSSR count). The van der Waals surface area contributed by atoms with E-state index < -0.39 is 141 Å². The Labute approximate surface area is 746 Å². The van der Waals surface area contributed by atoms with Crippen LogP contribution in [0.25, 0.3) is 89.0 Å². The van der Waals surface area contributed by atoms with Crippen molar-refractivity contribution in [2.75, 3.05) is 0 Å². The average molecular weight is 1860 g/mol. The summed E-state index contributed by atoms with van der Waals surface area (Å²) in [6.45, 7) is 9.02. The highest BCUT2D eigenvalue weighted by Crippen LogP contribution is 2.46. The molecule has 12 aromatic carbocycles. The monoisotopic (exact) mass is 1860 g/mol. The van der Waals surface area contributed by atoms with Crippen molar-refractivity contribution in [2.24, 2.45) is 23.7 Å². The smallest absolute Gasteiger partial charge is 0.403 e. The predicted octanol–water partition coefficient (Wildman–Crippen LogP) is 34.5. The molecule has 0 saturated heterocycles. The average Bonchev–Trinajstić information content (AvgIpc) is 0.796. The standard InChI is InChI=1S/4C26H22F6O/c4*1-15-2-4-16(5-3-15)17-6-8-18(9-7-17)20-13-22(28)25(23(29)14-20)19-10-11-24(21(27)12-19)33-26(30,31)32/h4*6-16H,2-5H2,1H3. The Kier molecular flexibility index (Phi) is 30.7. The molecule has 4 aliphatic rings. The lowest BCUT2D eigenvalue weighted by molar-refractivity contribution is -0.276. The second-order valence-corrected chi connectivity index (χ2v) is 34.3. The highest BCUT2D eigenvalue weighted by atomic mass is 19.4. The van der Waals surface area contributed by atoms with Crippen LogP contribution in [0.2, 0.25) is 0 Å². The third kappa shape index (κ3) is 25.5. The van der Waals surface area contributed by atoms with E-state index in [0.717, 1.165) is 148 Å². The molecule has 0 radical (unpaired) electrons. The van der Waals surface area contributed by atoms with Crippen molar-refractivity contribution in [3.63, 3.8) is 0 Å². The number of benzene rings is 12. The number of hydrogen-bond donors (Lipinski definition) is 0. The summed E-state index contributed by atoms with van der Waals surface area (Å²) in [7, 11) is 0. The van der Waals surface area contributed by atoms with E-state index in [4.69, 9.17) is 0 Å². The summed E-state index contributed by atoms with van der Waals surface area (Å²) in [4.78, 5) is 0. The lowest BCUT2D eigenvalue weighted by Gasteiger charge is -2.26. The Hall–Kier alpha value is -11.8. The van der Waals surface area contributed by atoms with Gasteiger partial charge in [0.05, 0.1) is 22.3 Å². The highest BCUT2D eigenvalue weighted by Gasteiger charge is 2.37. The molecule has 0 heterocycles. The minimum Gasteiger partial charge on any atom is -0.403 e. The summed E-state index contributed by atoms with van der Waals surface area (Å²) >= 11 is 0. The Morgan fingerprint density at radius 1 is 0.174 bits per heavy atom. The summed E-state index contributed by atoms with van der Waals surface area (Å²) in [5.41, 5.74) is 5.60. The van der Waals surface area contributed by atoms with Gasteiger partial charge in [-0.1, -0.05) is 200 Å². The van der Waals surface area contributed by atoms with Crippen molar-refractivity contribution in [2.45, 2.75) is 180 Å². The first-order valence-corrected chi connectivity index (χ1v) is 43.0. The fraction of sp³-hybridized carbons (Fsp3) is 0.308. The van der Waals surface area contributed by atoms with Gasteiger partial charge >= 0.3 is 25.4 Å². The lowest BCUT2D eigenvalue weighted by Crippen LogP contribution is -2.17. The number of rotatable bonds is 16. The Bertz CT molecular complexity index is 5150. The molecule has 0 atom stereocenters. The second kappa shape index (κ2) is 41.5. The fourth-order valence-electron chi connectivity index (χ4n) is 17.7. The molecule has 0 bridgehead atoms. The first-order valence-electron chi connectivity index (χ1n) is 43.0. The van der Waals surface area contributed by atoms with Crippen LogP contribution in [0.15, 0.2) is 218 Å². The number of alkyl halides is 12. The van der Waals surface area contributed by atoms with Crippen LogP contribution in [0.5, 0.6) is 23.0 Å². The van der Waals surface area contributed by atoms with Crippen LogP contribution >= 0.6 is 0 Å². The molecule has 28 heteroatoms. The van der Waals surface area contributed by atoms with Gasteiger partial charge in [0.25, 0.3) is 0 Å². The van der Waals surface area contributed by atoms with Gasteiger partial charge < -0.3 is 18.9 Å². The van der Waals surface area contributed by atoms with Gasteiger partial charge in [-0.25, -0.2) is 52.7 Å². The second-order valence-electron chi connectivity index (χ2n) is 34.3. The normalized spacial score (nSPS) is 18.9. The Balaban J connectivity index is 0.000000150. The molecule has 132 heavy (non-hydrogen) atoms. The molecule has 0 spiro atoms. The zero-order chi connectivity index (χ0) is 95.0. The Morgan fingerprint density at radius 3 is 0.447 bits per heavy atom. The summed E-state index contributed by atoms with van der Waals surface area (Å²) in [6, 6.07) is 48.6. The molecule has 4 aliphatic carbocycles. The fourth-order valence-corrected chi connectivity index (χ4v) is 17.7. The van der Waals surface area contributed by atoms with Crippen LogP contribution in [-0.4, -0.2) is 25.4 Å². The van der Waals surface area contributed by atoms with Crippen LogP contribution in [0.1, 0.15) is 176 Å². The van der Waals surface area contributed by atoms with Crippen LogP contribution in [0.3, 0.4) is 0 Å². The molecular formula is C104H88F24O4. The molecule has 696 valence electrons. The van der Waals surface area contributed by atoms with Crippen LogP contribution in [0.4, 0.5) is 105 Å². The van der Waals surface area contributed by atoms with E-state index in [2.05, 4.69) is 46.6 Å². The molecule has 4 nitrogen and oxygen atoms in total. The number of hydrogen-bond acceptors (Lipinski definition) is 4. The topological polar surface area (TPSA) is 36.9 Å². The SMILES string of the molecule is CC1CCC(c2ccc(-c3cc(F)c(-c4ccc(OC(F)(F)F)c(F)c4)c(F)c3)cc2)CC1.CC1CCC(c2ccc(-c3cc(F)c(-c4ccc(OC(F)(F)F)c(F)c4)c(F)c3)cc2)CC1.CC1CCC(c2ccc(-c3cc(F)c(-c4ccc(OC(F)(F)F)c(F)c4)c(F)c3)cc2)CC1.CC1CCC(c2ccc(-c3cc(F)c(-c4ccc(OC(F)(F)F)c(F)c4)c(F)c3)cc2)CC1. The van der Waals surface area contributed by atoms with Gasteiger partial charge in [-0.2, -0.15) is 0 Å². The van der Waals surface area contributed by atoms with Gasteiger partial charge in [-0.15, -0.1) is 52.7 Å². The van der Waals surface area contributed by atoms with Crippen molar-refractivity contribution in [1.82, 2.24) is 0 Å². The molecular weight excluding hydrogens is 1770 g/mol. The van der Waals surface area contributed by atoms with E-state index in [1.54, 1.807) is 0 Å². The van der Waals surface area contributed by atoms with E-state index in [1.165, 1.54) is 73.6 Å². The Morgan fingerprint density at radius 2 is 0.311 bits per heavy atom. The maximum Gasteiger partial charge on any atom is 0.573 e. The molecule has 4 fully saturated rings. The number of ether oxygens (including phenoxy) is 4. The van der Waals surface area contributed by atoms with Crippen molar-refractivity contribution < 1.29 is 124 Å². The van der Waals surface area contributed by atoms with Gasteiger partial charge in [0.15, 0.2) is 46.3 Å². The third-order valence-corrected chi connectivity index (χ3v) is 24.9. The maximum absolute atomic E-state index is 14.8. The molecule has 0 N–H and O–H groups in total. The van der Waals surface area contributed by atoms with Crippen LogP contribution in [-0.2, 0) is 0 Å². The molecule has 0 aliphatic heterocycles. The summed E-state index contributed by atoms with van der Waals surface area (Å²) < 4.78 is 337. The van der Waals surface area contributed by atoms with Crippen molar-refractivity contribution in [3.8, 4) is 112 Å². The van der Waals surface area contributed by atoms with Gasteiger partial charge in [0.1, 0.15) is 46.5 Å². The van der Waals surface area contributed by atoms with Crippen molar-refractivity contribution >= 4 is 0 Å². The van der Waals surface area contributed by atoms with Gasteiger partial charge in [-0.3, -0.25) is 0 Å². The van der Waals surface area contributed by atoms with Crippen LogP contribution < -0.4 is 18.9 Å². The first kappa shape index (κ1) is 97.7. The van der Waals surface area contributed by atoms with Gasteiger partial charge in [0.2, 0.25) is 0 Å². The summed E-state index contributed by atoms with van der Waals surface area (Å²) in [6.07, 6.45) is -1.79. The van der Waals surface area contributed by atoms with E-state index in [9.17, 15) is 105 Å². The maximum atomic E-state index is 14.8. The van der Waals surface area contributed by atoms with Crippen LogP contribution in [0, 0.1) is 93.5 Å². The van der Waals surface area contributed by atoms with Crippen molar-refractivity contribution in [1.29, 1.82) is 0 Å². The largest absolute Gasteiger partial charge is 0.573 e. The highest BCUT2D eigenvalue weighted by molar-refractivity contribution is 5.77. The zero-order valence-corrected chi connectivity index (χ0v) is 71.4. The van der Waals surface area contributed by atoms with E-state index in [0.29, 0.717) is 117 Å². The summed E-state index contributed by atoms with van der Waals surface area (Å²) in [5.74, 6) is -12.4. The molecule has 0 unspecified atom stereocenters. The molecule has 0 amide bonds. The lowest BCUT2D eigenvalue weighted by atomic mass is 9.79. The summed E-state index contributed by atoms with van der Waals surface area (Å²) in [5, 5.41) is 0. The quantitative estimate of drug-likeness (QED) is 0.0904. The zero-order valence-electron chi connectivity index (χ0n) is 71.4. The van der Waals surface area contributed by atoms with Gasteiger partial charge in [0, 0.05) is 0 Å². The predicted molar refractivity (Wildman–Crippen MR) is 457 cm³/mol. The third-order valence-electron chi connectivity index (χ3n) is 24.9. The minimum absolute atomic E-state index is 0.231. The van der Waals surface area contributed by atoms with E-state index in [-0.39, 0.29) is 22.3 Å². The molecule has 4 saturated carbocycles. The molecule has 0 aromatic heterocycles. The number of halogens is 24. The first-order chi connectivity index (χ1) is 62.4. The minimum atomic E-state index is -5.08. The van der Waals surface area contributed by atoms with E-state index >= 15 is 0 Å². The van der Waals surface area contributed by atoms with E-state index in [1.807, 2.05) is 97.1 Å². The van der Waals surface area contributed by atoms with Crippen molar-refractivity contribution in [3.05, 3.63) is 310 Å².